The highest BCUT2D eigenvalue weighted by molar-refractivity contribution is 5.85. The predicted molar refractivity (Wildman–Crippen MR) is 103 cm³/mol. The summed E-state index contributed by atoms with van der Waals surface area (Å²) in [5, 5.41) is 0. The van der Waals surface area contributed by atoms with Crippen molar-refractivity contribution in [1.82, 2.24) is 19.6 Å². The van der Waals surface area contributed by atoms with Gasteiger partial charge >= 0.3 is 0 Å². The smallest absolute Gasteiger partial charge is 0.242 e. The molecule has 0 N–H and O–H groups in total. The zero-order valence-corrected chi connectivity index (χ0v) is 16.7. The first-order chi connectivity index (χ1) is 13.0. The summed E-state index contributed by atoms with van der Waals surface area (Å²) in [6.07, 6.45) is 6.98. The van der Waals surface area contributed by atoms with E-state index in [1.807, 2.05) is 9.80 Å². The molecule has 0 spiro atoms. The van der Waals surface area contributed by atoms with Crippen molar-refractivity contribution in [2.24, 2.45) is 0 Å². The van der Waals surface area contributed by atoms with Crippen molar-refractivity contribution in [3.05, 3.63) is 0 Å². The lowest BCUT2D eigenvalue weighted by atomic mass is 10.0. The van der Waals surface area contributed by atoms with Gasteiger partial charge < -0.3 is 14.7 Å². The van der Waals surface area contributed by atoms with Gasteiger partial charge in [0.15, 0.2) is 0 Å². The van der Waals surface area contributed by atoms with Gasteiger partial charge in [0.25, 0.3) is 0 Å². The molecule has 1 unspecified atom stereocenters. The minimum absolute atomic E-state index is 0.0425. The molecule has 0 saturated carbocycles. The van der Waals surface area contributed by atoms with Crippen LogP contribution in [0, 0.1) is 0 Å². The van der Waals surface area contributed by atoms with Crippen LogP contribution in [-0.2, 0) is 14.4 Å². The number of hydrogen-bond acceptors (Lipinski definition) is 4. The van der Waals surface area contributed by atoms with Crippen LogP contribution in [0.4, 0.5) is 0 Å². The van der Waals surface area contributed by atoms with E-state index in [0.29, 0.717) is 38.6 Å². The number of rotatable bonds is 4. The molecule has 7 nitrogen and oxygen atoms in total. The third kappa shape index (κ3) is 5.43. The monoisotopic (exact) mass is 378 g/mol. The number of piperidine rings is 1. The lowest BCUT2D eigenvalue weighted by Gasteiger charge is -2.38. The Morgan fingerprint density at radius 3 is 2.33 bits per heavy atom. The minimum Gasteiger partial charge on any atom is -0.339 e. The summed E-state index contributed by atoms with van der Waals surface area (Å²) in [5.41, 5.74) is 0. The van der Waals surface area contributed by atoms with Crippen molar-refractivity contribution in [1.29, 1.82) is 0 Å². The average Bonchev–Trinajstić information content (AvgIpc) is 2.87. The minimum atomic E-state index is 0.0425. The molecule has 3 fully saturated rings. The summed E-state index contributed by atoms with van der Waals surface area (Å²) in [6.45, 7) is 7.13. The molecule has 0 aromatic heterocycles. The summed E-state index contributed by atoms with van der Waals surface area (Å²) in [6, 6.07) is 0.347. The molecule has 0 aromatic rings. The lowest BCUT2D eigenvalue weighted by molar-refractivity contribution is -0.142. The Balaban J connectivity index is 1.42. The maximum absolute atomic E-state index is 12.6. The molecule has 3 aliphatic heterocycles. The summed E-state index contributed by atoms with van der Waals surface area (Å²) >= 11 is 0. The van der Waals surface area contributed by atoms with Gasteiger partial charge in [0.1, 0.15) is 0 Å². The molecule has 0 aromatic carbocycles. The summed E-state index contributed by atoms with van der Waals surface area (Å²) in [4.78, 5) is 45.0. The molecule has 3 aliphatic rings. The maximum Gasteiger partial charge on any atom is 0.242 e. The molecule has 3 rings (SSSR count). The molecule has 3 amide bonds. The summed E-state index contributed by atoms with van der Waals surface area (Å²) in [5.74, 6) is 0.374. The lowest BCUT2D eigenvalue weighted by Crippen LogP contribution is -2.54. The van der Waals surface area contributed by atoms with Crippen LogP contribution in [0.2, 0.25) is 0 Å². The second-order valence-corrected chi connectivity index (χ2v) is 8.21. The van der Waals surface area contributed by atoms with Crippen LogP contribution in [0.25, 0.3) is 0 Å². The van der Waals surface area contributed by atoms with Gasteiger partial charge in [0.2, 0.25) is 17.7 Å². The predicted octanol–water partition coefficient (Wildman–Crippen LogP) is 0.934. The van der Waals surface area contributed by atoms with Crippen molar-refractivity contribution in [3.63, 3.8) is 0 Å². The van der Waals surface area contributed by atoms with E-state index in [-0.39, 0.29) is 24.3 Å². The third-order valence-corrected chi connectivity index (χ3v) is 6.20. The molecule has 3 heterocycles. The highest BCUT2D eigenvalue weighted by Crippen LogP contribution is 2.17. The quantitative estimate of drug-likeness (QED) is 0.730. The molecule has 0 aliphatic carbocycles. The van der Waals surface area contributed by atoms with E-state index >= 15 is 0 Å². The Morgan fingerprint density at radius 1 is 0.852 bits per heavy atom. The van der Waals surface area contributed by atoms with E-state index in [9.17, 15) is 14.4 Å². The number of likely N-dealkylation sites (tertiary alicyclic amines) is 2. The SMILES string of the molecule is CC1CCCCN1C(=O)CN1CCN(C(=O)CN2CCCCCC2=O)CC1. The van der Waals surface area contributed by atoms with Gasteiger partial charge in [0.05, 0.1) is 13.1 Å². The normalized spacial score (nSPS) is 25.4. The van der Waals surface area contributed by atoms with Crippen LogP contribution in [0.1, 0.15) is 51.9 Å². The topological polar surface area (TPSA) is 64.2 Å². The maximum atomic E-state index is 12.6. The second-order valence-electron chi connectivity index (χ2n) is 8.21. The number of amides is 3. The first kappa shape index (κ1) is 20.1. The zero-order chi connectivity index (χ0) is 19.2. The van der Waals surface area contributed by atoms with Crippen molar-refractivity contribution < 1.29 is 14.4 Å². The Hall–Kier alpha value is -1.63. The van der Waals surface area contributed by atoms with Crippen LogP contribution in [-0.4, -0.2) is 95.7 Å². The Labute approximate surface area is 162 Å². The second kappa shape index (κ2) is 9.53. The molecule has 0 radical (unpaired) electrons. The summed E-state index contributed by atoms with van der Waals surface area (Å²) in [7, 11) is 0. The highest BCUT2D eigenvalue weighted by Gasteiger charge is 2.28. The van der Waals surface area contributed by atoms with Crippen molar-refractivity contribution >= 4 is 17.7 Å². The molecule has 27 heavy (non-hydrogen) atoms. The van der Waals surface area contributed by atoms with E-state index in [2.05, 4.69) is 11.8 Å². The van der Waals surface area contributed by atoms with Crippen molar-refractivity contribution in [2.45, 2.75) is 57.9 Å². The van der Waals surface area contributed by atoms with Gasteiger partial charge in [-0.2, -0.15) is 0 Å². The number of piperazine rings is 1. The van der Waals surface area contributed by atoms with Gasteiger partial charge in [-0.15, -0.1) is 0 Å². The molecule has 7 heteroatoms. The molecule has 1 atom stereocenters. The first-order valence-electron chi connectivity index (χ1n) is 10.6. The fourth-order valence-corrected chi connectivity index (χ4v) is 4.38. The zero-order valence-electron chi connectivity index (χ0n) is 16.7. The molecular weight excluding hydrogens is 344 g/mol. The van der Waals surface area contributed by atoms with Crippen LogP contribution >= 0.6 is 0 Å². The number of carbonyl (C=O) groups is 3. The summed E-state index contributed by atoms with van der Waals surface area (Å²) < 4.78 is 0. The van der Waals surface area contributed by atoms with Crippen molar-refractivity contribution in [2.75, 3.05) is 52.4 Å². The van der Waals surface area contributed by atoms with Gasteiger partial charge in [0, 0.05) is 51.7 Å². The standard InChI is InChI=1S/C20H34N4O3/c1-17-7-4-6-10-24(17)20(27)15-21-11-13-22(14-12-21)19(26)16-23-9-5-2-3-8-18(23)25/h17H,2-16H2,1H3. The fraction of sp³-hybridized carbons (Fsp3) is 0.850. The molecular formula is C20H34N4O3. The third-order valence-electron chi connectivity index (χ3n) is 6.20. The van der Waals surface area contributed by atoms with Gasteiger partial charge in [-0.1, -0.05) is 6.42 Å². The average molecular weight is 379 g/mol. The van der Waals surface area contributed by atoms with Gasteiger partial charge in [-0.3, -0.25) is 19.3 Å². The molecule has 152 valence electrons. The van der Waals surface area contributed by atoms with Gasteiger partial charge in [-0.05, 0) is 39.0 Å². The van der Waals surface area contributed by atoms with E-state index in [0.717, 1.165) is 51.7 Å². The Kier molecular flexibility index (Phi) is 7.10. The van der Waals surface area contributed by atoms with Crippen molar-refractivity contribution in [3.8, 4) is 0 Å². The van der Waals surface area contributed by atoms with Crippen LogP contribution in [0.5, 0.6) is 0 Å². The van der Waals surface area contributed by atoms with E-state index in [1.54, 1.807) is 4.90 Å². The van der Waals surface area contributed by atoms with E-state index < -0.39 is 0 Å². The van der Waals surface area contributed by atoms with E-state index in [4.69, 9.17) is 0 Å². The Morgan fingerprint density at radius 2 is 1.59 bits per heavy atom. The van der Waals surface area contributed by atoms with Gasteiger partial charge in [-0.25, -0.2) is 0 Å². The highest BCUT2D eigenvalue weighted by atomic mass is 16.2. The number of nitrogens with zero attached hydrogens (tertiary/aromatic N) is 4. The largest absolute Gasteiger partial charge is 0.339 e. The van der Waals surface area contributed by atoms with Crippen LogP contribution in [0.3, 0.4) is 0 Å². The van der Waals surface area contributed by atoms with Crippen LogP contribution in [0.15, 0.2) is 0 Å². The van der Waals surface area contributed by atoms with Crippen LogP contribution < -0.4 is 0 Å². The molecule has 0 bridgehead atoms. The Bertz CT molecular complexity index is 545. The first-order valence-corrected chi connectivity index (χ1v) is 10.6. The number of hydrogen-bond donors (Lipinski definition) is 0. The fourth-order valence-electron chi connectivity index (χ4n) is 4.38. The number of carbonyl (C=O) groups excluding carboxylic acids is 3. The molecule has 3 saturated heterocycles. The van der Waals surface area contributed by atoms with E-state index in [1.165, 1.54) is 6.42 Å².